The molecule has 0 radical (unpaired) electrons. The van der Waals surface area contributed by atoms with Crippen LogP contribution in [0.15, 0.2) is 54.7 Å². The maximum Gasteiger partial charge on any atom is 0.339 e. The molecule has 2 aliphatic rings. The molecule has 1 amide bonds. The van der Waals surface area contributed by atoms with Crippen LogP contribution in [0.5, 0.6) is 0 Å². The molecule has 0 N–H and O–H groups in total. The fourth-order valence-corrected chi connectivity index (χ4v) is 4.07. The van der Waals surface area contributed by atoms with Gasteiger partial charge in [-0.2, -0.15) is 0 Å². The van der Waals surface area contributed by atoms with Crippen molar-refractivity contribution in [2.45, 2.75) is 18.4 Å². The Hall–Kier alpha value is -3.28. The number of fused-ring (bicyclic) bond motifs is 3. The molecule has 3 aromatic rings. The number of likely N-dealkylation sites (tertiary alicyclic amines) is 1. The third-order valence-corrected chi connectivity index (χ3v) is 5.34. The normalized spacial score (nSPS) is 21.3. The number of piperidine rings is 1. The zero-order chi connectivity index (χ0) is 18.4. The molecule has 1 atom stereocenters. The van der Waals surface area contributed by atoms with Gasteiger partial charge in [0.05, 0.1) is 29.3 Å². The molecule has 6 heteroatoms. The zero-order valence-electron chi connectivity index (χ0n) is 14.6. The first-order valence-electron chi connectivity index (χ1n) is 9.00. The van der Waals surface area contributed by atoms with Crippen LogP contribution in [0, 0.1) is 0 Å². The first-order valence-corrected chi connectivity index (χ1v) is 9.00. The number of carbonyl (C=O) groups excluding carboxylic acids is 2. The molecule has 1 fully saturated rings. The van der Waals surface area contributed by atoms with E-state index in [1.54, 1.807) is 11.0 Å². The second kappa shape index (κ2) is 5.87. The number of ether oxygens (including phenoxy) is 1. The van der Waals surface area contributed by atoms with Crippen molar-refractivity contribution < 1.29 is 14.3 Å². The summed E-state index contributed by atoms with van der Waals surface area (Å²) in [5.74, 6) is -0.502. The predicted octanol–water partition coefficient (Wildman–Crippen LogP) is 2.93. The van der Waals surface area contributed by atoms with Gasteiger partial charge < -0.3 is 9.64 Å². The SMILES string of the molecule is O=C1OC2(CCCN(C(=O)c3cnc4ccccc4n3)C2)c2ccccc21. The molecule has 1 spiro atoms. The van der Waals surface area contributed by atoms with E-state index in [2.05, 4.69) is 9.97 Å². The van der Waals surface area contributed by atoms with Gasteiger partial charge in [-0.15, -0.1) is 0 Å². The number of hydrogen-bond donors (Lipinski definition) is 0. The molecular formula is C21H17N3O3. The van der Waals surface area contributed by atoms with Crippen LogP contribution >= 0.6 is 0 Å². The summed E-state index contributed by atoms with van der Waals surface area (Å²) in [4.78, 5) is 35.9. The van der Waals surface area contributed by atoms with Crippen molar-refractivity contribution >= 4 is 22.9 Å². The minimum absolute atomic E-state index is 0.187. The Balaban J connectivity index is 1.47. The van der Waals surface area contributed by atoms with Crippen LogP contribution in [0.4, 0.5) is 0 Å². The second-order valence-corrected chi connectivity index (χ2v) is 7.00. The number of esters is 1. The first-order chi connectivity index (χ1) is 13.2. The largest absolute Gasteiger partial charge is 0.449 e. The molecule has 1 aromatic heterocycles. The molecule has 134 valence electrons. The van der Waals surface area contributed by atoms with Crippen molar-refractivity contribution in [3.8, 4) is 0 Å². The van der Waals surface area contributed by atoms with Gasteiger partial charge in [-0.1, -0.05) is 30.3 Å². The third kappa shape index (κ3) is 2.48. The lowest BCUT2D eigenvalue weighted by Crippen LogP contribution is -2.49. The molecule has 1 unspecified atom stereocenters. The van der Waals surface area contributed by atoms with Crippen molar-refractivity contribution in [3.63, 3.8) is 0 Å². The van der Waals surface area contributed by atoms with Gasteiger partial charge in [0.1, 0.15) is 5.69 Å². The van der Waals surface area contributed by atoms with Crippen molar-refractivity contribution in [1.29, 1.82) is 0 Å². The Morgan fingerprint density at radius 3 is 2.74 bits per heavy atom. The number of aromatic nitrogens is 2. The van der Waals surface area contributed by atoms with Crippen LogP contribution in [-0.2, 0) is 10.3 Å². The summed E-state index contributed by atoms with van der Waals surface area (Å²) in [6, 6.07) is 14.9. The lowest BCUT2D eigenvalue weighted by Gasteiger charge is -2.39. The molecule has 0 bridgehead atoms. The number of para-hydroxylation sites is 2. The quantitative estimate of drug-likeness (QED) is 0.625. The Kier molecular flexibility index (Phi) is 3.47. The lowest BCUT2D eigenvalue weighted by atomic mass is 9.85. The summed E-state index contributed by atoms with van der Waals surface area (Å²) in [6.07, 6.45) is 2.98. The number of hydrogen-bond acceptors (Lipinski definition) is 5. The molecular weight excluding hydrogens is 342 g/mol. The van der Waals surface area contributed by atoms with Crippen LogP contribution in [0.1, 0.15) is 39.3 Å². The summed E-state index contributed by atoms with van der Waals surface area (Å²) in [5.41, 5.74) is 2.46. The molecule has 0 saturated carbocycles. The Labute approximate surface area is 155 Å². The van der Waals surface area contributed by atoms with E-state index in [0.29, 0.717) is 36.3 Å². The van der Waals surface area contributed by atoms with Crippen LogP contribution in [0.2, 0.25) is 0 Å². The monoisotopic (exact) mass is 359 g/mol. The molecule has 2 aliphatic heterocycles. The van der Waals surface area contributed by atoms with E-state index >= 15 is 0 Å². The van der Waals surface area contributed by atoms with Gasteiger partial charge in [-0.05, 0) is 31.0 Å². The summed E-state index contributed by atoms with van der Waals surface area (Å²) in [6.45, 7) is 0.942. The average molecular weight is 359 g/mol. The fourth-order valence-electron chi connectivity index (χ4n) is 4.07. The van der Waals surface area contributed by atoms with Crippen LogP contribution < -0.4 is 0 Å². The number of carbonyl (C=O) groups is 2. The number of amides is 1. The molecule has 27 heavy (non-hydrogen) atoms. The first kappa shape index (κ1) is 15.9. The van der Waals surface area contributed by atoms with Gasteiger partial charge >= 0.3 is 5.97 Å². The van der Waals surface area contributed by atoms with Gasteiger partial charge in [-0.25, -0.2) is 9.78 Å². The lowest BCUT2D eigenvalue weighted by molar-refractivity contribution is -0.0443. The van der Waals surface area contributed by atoms with E-state index in [1.807, 2.05) is 42.5 Å². The summed E-state index contributed by atoms with van der Waals surface area (Å²) < 4.78 is 5.78. The summed E-state index contributed by atoms with van der Waals surface area (Å²) in [5, 5.41) is 0. The maximum absolute atomic E-state index is 13.1. The second-order valence-electron chi connectivity index (χ2n) is 7.00. The number of benzene rings is 2. The third-order valence-electron chi connectivity index (χ3n) is 5.34. The highest BCUT2D eigenvalue weighted by molar-refractivity contribution is 5.96. The average Bonchev–Trinajstić information content (AvgIpc) is 2.98. The molecule has 6 nitrogen and oxygen atoms in total. The molecule has 3 heterocycles. The van der Waals surface area contributed by atoms with E-state index in [9.17, 15) is 9.59 Å². The Morgan fingerprint density at radius 1 is 1.07 bits per heavy atom. The fraction of sp³-hybridized carbons (Fsp3) is 0.238. The molecule has 2 aromatic carbocycles. The van der Waals surface area contributed by atoms with E-state index in [4.69, 9.17) is 4.74 Å². The van der Waals surface area contributed by atoms with Gasteiger partial charge in [0.15, 0.2) is 5.60 Å². The van der Waals surface area contributed by atoms with Gasteiger partial charge in [0.2, 0.25) is 0 Å². The highest BCUT2D eigenvalue weighted by atomic mass is 16.6. The molecule has 1 saturated heterocycles. The van der Waals surface area contributed by atoms with Crippen LogP contribution in [0.25, 0.3) is 11.0 Å². The summed E-state index contributed by atoms with van der Waals surface area (Å²) in [7, 11) is 0. The minimum atomic E-state index is -0.758. The summed E-state index contributed by atoms with van der Waals surface area (Å²) >= 11 is 0. The zero-order valence-corrected chi connectivity index (χ0v) is 14.6. The van der Waals surface area contributed by atoms with Gasteiger partial charge in [0, 0.05) is 12.1 Å². The van der Waals surface area contributed by atoms with Crippen molar-refractivity contribution in [1.82, 2.24) is 14.9 Å². The Morgan fingerprint density at radius 2 is 1.85 bits per heavy atom. The highest BCUT2D eigenvalue weighted by Crippen LogP contribution is 2.42. The minimum Gasteiger partial charge on any atom is -0.449 e. The highest BCUT2D eigenvalue weighted by Gasteiger charge is 2.48. The standard InChI is InChI=1S/C21H17N3O3/c25-19(18-12-22-16-8-3-4-9-17(16)23-18)24-11-5-10-21(13-24)15-7-2-1-6-14(15)20(26)27-21/h1-4,6-9,12H,5,10-11,13H2. The van der Waals surface area contributed by atoms with Crippen molar-refractivity contribution in [2.75, 3.05) is 13.1 Å². The van der Waals surface area contributed by atoms with Gasteiger partial charge in [0.25, 0.3) is 5.91 Å². The maximum atomic E-state index is 13.1. The van der Waals surface area contributed by atoms with Crippen molar-refractivity contribution in [2.24, 2.45) is 0 Å². The van der Waals surface area contributed by atoms with E-state index in [1.165, 1.54) is 6.20 Å². The molecule has 5 rings (SSSR count). The number of rotatable bonds is 1. The predicted molar refractivity (Wildman–Crippen MR) is 98.2 cm³/mol. The van der Waals surface area contributed by atoms with E-state index < -0.39 is 5.60 Å². The van der Waals surface area contributed by atoms with Crippen molar-refractivity contribution in [3.05, 3.63) is 71.5 Å². The van der Waals surface area contributed by atoms with E-state index in [-0.39, 0.29) is 11.9 Å². The number of nitrogens with zero attached hydrogens (tertiary/aromatic N) is 3. The van der Waals surface area contributed by atoms with Gasteiger partial charge in [-0.3, -0.25) is 9.78 Å². The smallest absolute Gasteiger partial charge is 0.339 e. The van der Waals surface area contributed by atoms with E-state index in [0.717, 1.165) is 17.5 Å². The Bertz CT molecular complexity index is 1080. The molecule has 0 aliphatic carbocycles. The topological polar surface area (TPSA) is 72.4 Å². The van der Waals surface area contributed by atoms with Crippen LogP contribution in [0.3, 0.4) is 0 Å². The van der Waals surface area contributed by atoms with Crippen LogP contribution in [-0.4, -0.2) is 39.8 Å².